The number of nitrogens with one attached hydrogen (secondary N) is 1. The molecule has 1 aromatic rings. The van der Waals surface area contributed by atoms with Gasteiger partial charge in [0, 0.05) is 12.4 Å². The number of unbranched alkanes of at least 4 members (excludes halogenated alkanes) is 3. The van der Waals surface area contributed by atoms with Gasteiger partial charge in [0.1, 0.15) is 0 Å². The van der Waals surface area contributed by atoms with Crippen LogP contribution in [-0.2, 0) is 0 Å². The van der Waals surface area contributed by atoms with Crippen LogP contribution in [0.1, 0.15) is 32.6 Å². The summed E-state index contributed by atoms with van der Waals surface area (Å²) in [7, 11) is 2.75. The fourth-order valence-corrected chi connectivity index (χ4v) is 1.07. The highest BCUT2D eigenvalue weighted by Gasteiger charge is 1.80. The monoisotopic (exact) mass is 186 g/mol. The van der Waals surface area contributed by atoms with E-state index in [0.29, 0.717) is 0 Å². The number of aromatic nitrogens is 2. The number of rotatable bonds is 4. The lowest BCUT2D eigenvalue weighted by Crippen LogP contribution is -1.73. The van der Waals surface area contributed by atoms with Gasteiger partial charge in [0.2, 0.25) is 0 Å². The molecule has 0 fully saturated rings. The largest absolute Gasteiger partial charge is 0.286 e. The molecule has 1 N–H and O–H groups in total. The molecule has 1 rings (SSSR count). The van der Waals surface area contributed by atoms with E-state index in [1.807, 2.05) is 6.07 Å². The fraction of sp³-hybridized carbons (Fsp3) is 0.667. The van der Waals surface area contributed by atoms with E-state index >= 15 is 0 Å². The van der Waals surface area contributed by atoms with Gasteiger partial charge < -0.3 is 0 Å². The predicted molar refractivity (Wildman–Crippen MR) is 57.3 cm³/mol. The first-order chi connectivity index (χ1) is 5.91. The minimum Gasteiger partial charge on any atom is -0.286 e. The Morgan fingerprint density at radius 1 is 1.33 bits per heavy atom. The Morgan fingerprint density at radius 2 is 2.17 bits per heavy atom. The summed E-state index contributed by atoms with van der Waals surface area (Å²) in [5.41, 5.74) is 0. The number of hydrogen-bond donors (Lipinski definition) is 1. The summed E-state index contributed by atoms with van der Waals surface area (Å²) >= 11 is 0. The van der Waals surface area contributed by atoms with Gasteiger partial charge in [-0.15, -0.1) is 9.24 Å². The van der Waals surface area contributed by atoms with Crippen LogP contribution in [0.15, 0.2) is 18.5 Å². The molecule has 1 atom stereocenters. The van der Waals surface area contributed by atoms with Crippen LogP contribution in [0, 0.1) is 0 Å². The van der Waals surface area contributed by atoms with Crippen molar-refractivity contribution in [1.82, 2.24) is 10.2 Å². The van der Waals surface area contributed by atoms with Crippen molar-refractivity contribution >= 4 is 9.24 Å². The molecular formula is C9H19N2P. The molecule has 0 bridgehead atoms. The maximum Gasteiger partial charge on any atom is 0.0487 e. The third kappa shape index (κ3) is 9.64. The molecule has 0 aliphatic carbocycles. The molecule has 0 saturated carbocycles. The third-order valence-electron chi connectivity index (χ3n) is 1.46. The molecule has 0 amide bonds. The molecule has 1 heterocycles. The lowest BCUT2D eigenvalue weighted by Gasteiger charge is -1.90. The molecule has 0 radical (unpaired) electrons. The molecule has 0 saturated heterocycles. The zero-order valence-electron chi connectivity index (χ0n) is 7.79. The standard InChI is InChI=1S/C6H15P.C3H4N2/c1-2-3-4-5-6-7;1-2-4-5-3-1/h2-7H2,1H3;1-3H,(H,4,5). The van der Waals surface area contributed by atoms with Gasteiger partial charge in [-0.05, 0) is 18.6 Å². The lowest BCUT2D eigenvalue weighted by molar-refractivity contribution is 0.706. The lowest BCUT2D eigenvalue weighted by atomic mass is 10.2. The second-order valence-corrected chi connectivity index (χ2v) is 3.19. The van der Waals surface area contributed by atoms with Crippen LogP contribution in [0.3, 0.4) is 0 Å². The molecule has 3 heteroatoms. The highest BCUT2D eigenvalue weighted by Crippen LogP contribution is 2.00. The first kappa shape index (κ1) is 11.6. The predicted octanol–water partition coefficient (Wildman–Crippen LogP) is 2.85. The normalized spacial score (nSPS) is 8.83. The number of H-pyrrole nitrogens is 1. The summed E-state index contributed by atoms with van der Waals surface area (Å²) in [6, 6.07) is 1.83. The van der Waals surface area contributed by atoms with Crippen molar-refractivity contribution in [2.24, 2.45) is 0 Å². The van der Waals surface area contributed by atoms with Crippen LogP contribution >= 0.6 is 9.24 Å². The van der Waals surface area contributed by atoms with Crippen molar-refractivity contribution in [3.05, 3.63) is 18.5 Å². The van der Waals surface area contributed by atoms with Crippen LogP contribution < -0.4 is 0 Å². The van der Waals surface area contributed by atoms with Crippen molar-refractivity contribution < 1.29 is 0 Å². The molecule has 0 aliphatic rings. The van der Waals surface area contributed by atoms with Crippen molar-refractivity contribution in [2.45, 2.75) is 32.6 Å². The smallest absolute Gasteiger partial charge is 0.0487 e. The Hall–Kier alpha value is -0.360. The van der Waals surface area contributed by atoms with Gasteiger partial charge in [-0.3, -0.25) is 5.10 Å². The molecule has 0 aromatic carbocycles. The van der Waals surface area contributed by atoms with Gasteiger partial charge in [0.05, 0.1) is 0 Å². The third-order valence-corrected chi connectivity index (χ3v) is 1.87. The van der Waals surface area contributed by atoms with Gasteiger partial charge in [-0.2, -0.15) is 5.10 Å². The Bertz CT molecular complexity index is 119. The number of hydrogen-bond acceptors (Lipinski definition) is 1. The molecule has 0 aliphatic heterocycles. The summed E-state index contributed by atoms with van der Waals surface area (Å²) in [5.74, 6) is 0. The summed E-state index contributed by atoms with van der Waals surface area (Å²) in [6.45, 7) is 2.24. The van der Waals surface area contributed by atoms with Gasteiger partial charge in [0.25, 0.3) is 0 Å². The Balaban J connectivity index is 0.000000211. The molecule has 1 unspecified atom stereocenters. The zero-order chi connectivity index (χ0) is 9.07. The van der Waals surface area contributed by atoms with Crippen LogP contribution in [-0.4, -0.2) is 16.4 Å². The first-order valence-electron chi connectivity index (χ1n) is 4.55. The van der Waals surface area contributed by atoms with Crippen LogP contribution in [0.2, 0.25) is 0 Å². The molecule has 0 spiro atoms. The van der Waals surface area contributed by atoms with Crippen LogP contribution in [0.5, 0.6) is 0 Å². The molecule has 12 heavy (non-hydrogen) atoms. The van der Waals surface area contributed by atoms with Crippen molar-refractivity contribution in [3.8, 4) is 0 Å². The minimum atomic E-state index is 1.28. The number of nitrogens with zero attached hydrogens (tertiary/aromatic N) is 1. The Morgan fingerprint density at radius 3 is 2.50 bits per heavy atom. The van der Waals surface area contributed by atoms with Crippen molar-refractivity contribution in [1.29, 1.82) is 0 Å². The van der Waals surface area contributed by atoms with E-state index in [2.05, 4.69) is 26.4 Å². The maximum atomic E-state index is 3.60. The molecule has 2 nitrogen and oxygen atoms in total. The van der Waals surface area contributed by atoms with E-state index in [9.17, 15) is 0 Å². The average Bonchev–Trinajstić information content (AvgIpc) is 2.62. The molecule has 1 aromatic heterocycles. The van der Waals surface area contributed by atoms with Crippen molar-refractivity contribution in [2.75, 3.05) is 6.16 Å². The first-order valence-corrected chi connectivity index (χ1v) is 5.37. The zero-order valence-corrected chi connectivity index (χ0v) is 8.95. The quantitative estimate of drug-likeness (QED) is 0.568. The minimum absolute atomic E-state index is 1.28. The second kappa shape index (κ2) is 10.6. The second-order valence-electron chi connectivity index (χ2n) is 2.62. The summed E-state index contributed by atoms with van der Waals surface area (Å²) in [4.78, 5) is 0. The Labute approximate surface area is 77.4 Å². The Kier molecular flexibility index (Phi) is 10.3. The summed E-state index contributed by atoms with van der Waals surface area (Å²) in [6.07, 6.45) is 10.3. The summed E-state index contributed by atoms with van der Waals surface area (Å²) < 4.78 is 0. The molecule has 70 valence electrons. The van der Waals surface area contributed by atoms with Gasteiger partial charge in [-0.25, -0.2) is 0 Å². The van der Waals surface area contributed by atoms with E-state index in [-0.39, 0.29) is 0 Å². The topological polar surface area (TPSA) is 28.7 Å². The highest BCUT2D eigenvalue weighted by atomic mass is 31.0. The summed E-state index contributed by atoms with van der Waals surface area (Å²) in [5, 5.41) is 6.21. The van der Waals surface area contributed by atoms with E-state index in [0.717, 1.165) is 0 Å². The van der Waals surface area contributed by atoms with Crippen LogP contribution in [0.25, 0.3) is 0 Å². The van der Waals surface area contributed by atoms with Crippen LogP contribution in [0.4, 0.5) is 0 Å². The van der Waals surface area contributed by atoms with Gasteiger partial charge in [0.15, 0.2) is 0 Å². The highest BCUT2D eigenvalue weighted by molar-refractivity contribution is 7.16. The van der Waals surface area contributed by atoms with Gasteiger partial charge in [-0.1, -0.05) is 26.2 Å². The average molecular weight is 186 g/mol. The van der Waals surface area contributed by atoms with E-state index in [4.69, 9.17) is 0 Å². The van der Waals surface area contributed by atoms with E-state index in [1.165, 1.54) is 31.8 Å². The SMILES string of the molecule is CCCCCCP.c1cn[nH]c1. The van der Waals surface area contributed by atoms with Gasteiger partial charge >= 0.3 is 0 Å². The van der Waals surface area contributed by atoms with E-state index < -0.39 is 0 Å². The maximum absolute atomic E-state index is 3.60. The van der Waals surface area contributed by atoms with Crippen molar-refractivity contribution in [3.63, 3.8) is 0 Å². The number of aromatic amines is 1. The van der Waals surface area contributed by atoms with E-state index in [1.54, 1.807) is 12.4 Å². The molecular weight excluding hydrogens is 167 g/mol. The fourth-order valence-electron chi connectivity index (χ4n) is 0.786.